The molecule has 0 aliphatic carbocycles. The van der Waals surface area contributed by atoms with Crippen molar-refractivity contribution in [1.82, 2.24) is 10.6 Å². The van der Waals surface area contributed by atoms with Crippen LogP contribution in [0.5, 0.6) is 0 Å². The van der Waals surface area contributed by atoms with E-state index in [2.05, 4.69) is 10.6 Å². The Kier molecular flexibility index (Phi) is 4.51. The van der Waals surface area contributed by atoms with Crippen LogP contribution in [0.2, 0.25) is 0 Å². The summed E-state index contributed by atoms with van der Waals surface area (Å²) in [6, 6.07) is -0.577. The molecule has 4 N–H and O–H groups in total. The van der Waals surface area contributed by atoms with Crippen molar-refractivity contribution >= 4 is 11.8 Å². The molecule has 1 aliphatic heterocycles. The van der Waals surface area contributed by atoms with Gasteiger partial charge in [0.15, 0.2) is 0 Å². The highest BCUT2D eigenvalue weighted by Gasteiger charge is 2.40. The predicted molar refractivity (Wildman–Crippen MR) is 66.2 cm³/mol. The van der Waals surface area contributed by atoms with E-state index in [1.165, 1.54) is 0 Å². The van der Waals surface area contributed by atoms with Crippen molar-refractivity contribution in [3.63, 3.8) is 0 Å². The average molecular weight is 241 g/mol. The third kappa shape index (κ3) is 2.97. The van der Waals surface area contributed by atoms with E-state index in [0.717, 1.165) is 19.4 Å². The summed E-state index contributed by atoms with van der Waals surface area (Å²) in [5.74, 6) is -0.507. The molecule has 2 unspecified atom stereocenters. The minimum atomic E-state index is -0.577. The molecule has 0 saturated carbocycles. The van der Waals surface area contributed by atoms with E-state index in [1.807, 2.05) is 20.8 Å². The lowest BCUT2D eigenvalue weighted by Gasteiger charge is -2.29. The third-order valence-electron chi connectivity index (χ3n) is 3.66. The van der Waals surface area contributed by atoms with Crippen molar-refractivity contribution in [2.45, 2.75) is 39.7 Å². The second-order valence-corrected chi connectivity index (χ2v) is 5.16. The Morgan fingerprint density at radius 3 is 2.47 bits per heavy atom. The standard InChI is InChI=1S/C12H23N3O2/c1-4-12(5-6-14-7-12)11(17)15-9(8(2)3)10(13)16/h8-9,14H,4-7H2,1-3H3,(H2,13,16)(H,15,17). The van der Waals surface area contributed by atoms with Crippen LogP contribution < -0.4 is 16.4 Å². The van der Waals surface area contributed by atoms with Crippen molar-refractivity contribution in [3.05, 3.63) is 0 Å². The molecule has 0 aromatic carbocycles. The quantitative estimate of drug-likeness (QED) is 0.633. The van der Waals surface area contributed by atoms with Crippen molar-refractivity contribution < 1.29 is 9.59 Å². The van der Waals surface area contributed by atoms with E-state index in [9.17, 15) is 9.59 Å². The Labute approximate surface area is 103 Å². The Balaban J connectivity index is 2.72. The molecule has 5 nitrogen and oxygen atoms in total. The molecule has 1 heterocycles. The van der Waals surface area contributed by atoms with Gasteiger partial charge in [-0.3, -0.25) is 9.59 Å². The van der Waals surface area contributed by atoms with Crippen molar-refractivity contribution in [3.8, 4) is 0 Å². The zero-order chi connectivity index (χ0) is 13.1. The molecule has 1 rings (SSSR count). The van der Waals surface area contributed by atoms with E-state index in [1.54, 1.807) is 0 Å². The second kappa shape index (κ2) is 5.49. The fraction of sp³-hybridized carbons (Fsp3) is 0.833. The van der Waals surface area contributed by atoms with E-state index in [-0.39, 0.29) is 17.2 Å². The van der Waals surface area contributed by atoms with Gasteiger partial charge in [0.05, 0.1) is 5.41 Å². The first-order valence-electron chi connectivity index (χ1n) is 6.24. The Morgan fingerprint density at radius 1 is 1.47 bits per heavy atom. The monoisotopic (exact) mass is 241 g/mol. The molecule has 1 fully saturated rings. The molecule has 0 radical (unpaired) electrons. The number of carbonyl (C=O) groups is 2. The fourth-order valence-electron chi connectivity index (χ4n) is 2.26. The summed E-state index contributed by atoms with van der Waals surface area (Å²) in [7, 11) is 0. The summed E-state index contributed by atoms with van der Waals surface area (Å²) in [6.45, 7) is 7.28. The number of rotatable bonds is 5. The summed E-state index contributed by atoms with van der Waals surface area (Å²) in [6.07, 6.45) is 1.59. The largest absolute Gasteiger partial charge is 0.368 e. The zero-order valence-electron chi connectivity index (χ0n) is 10.9. The van der Waals surface area contributed by atoms with Crippen LogP contribution in [0.1, 0.15) is 33.6 Å². The highest BCUT2D eigenvalue weighted by molar-refractivity contribution is 5.89. The number of primary amides is 1. The van der Waals surface area contributed by atoms with E-state index < -0.39 is 11.9 Å². The van der Waals surface area contributed by atoms with Gasteiger partial charge in [0, 0.05) is 6.54 Å². The molecule has 0 bridgehead atoms. The Hall–Kier alpha value is -1.10. The van der Waals surface area contributed by atoms with Gasteiger partial charge in [-0.25, -0.2) is 0 Å². The number of hydrogen-bond donors (Lipinski definition) is 3. The topological polar surface area (TPSA) is 84.2 Å². The lowest BCUT2D eigenvalue weighted by Crippen LogP contribution is -2.53. The maximum absolute atomic E-state index is 12.3. The minimum absolute atomic E-state index is 0.0136. The lowest BCUT2D eigenvalue weighted by atomic mass is 9.82. The smallest absolute Gasteiger partial charge is 0.240 e. The molecule has 2 atom stereocenters. The van der Waals surface area contributed by atoms with Crippen LogP contribution in [0, 0.1) is 11.3 Å². The normalized spacial score (nSPS) is 25.9. The number of amides is 2. The van der Waals surface area contributed by atoms with Gasteiger partial charge in [-0.15, -0.1) is 0 Å². The van der Waals surface area contributed by atoms with Crippen LogP contribution in [-0.4, -0.2) is 30.9 Å². The zero-order valence-corrected chi connectivity index (χ0v) is 10.9. The predicted octanol–water partition coefficient (Wildman–Crippen LogP) is 0.00220. The summed E-state index contributed by atoms with van der Waals surface area (Å²) in [5, 5.41) is 6.00. The van der Waals surface area contributed by atoms with Crippen LogP contribution in [0.15, 0.2) is 0 Å². The van der Waals surface area contributed by atoms with Crippen LogP contribution in [0.4, 0.5) is 0 Å². The molecule has 2 amide bonds. The number of nitrogens with two attached hydrogens (primary N) is 1. The molecule has 98 valence electrons. The van der Waals surface area contributed by atoms with Gasteiger partial charge >= 0.3 is 0 Å². The van der Waals surface area contributed by atoms with Crippen LogP contribution in [0.3, 0.4) is 0 Å². The van der Waals surface area contributed by atoms with Gasteiger partial charge in [-0.1, -0.05) is 20.8 Å². The molecule has 0 aromatic heterocycles. The molecule has 17 heavy (non-hydrogen) atoms. The first-order chi connectivity index (χ1) is 7.93. The SMILES string of the molecule is CCC1(C(=O)NC(C(N)=O)C(C)C)CCNC1. The fourth-order valence-corrected chi connectivity index (χ4v) is 2.26. The third-order valence-corrected chi connectivity index (χ3v) is 3.66. The van der Waals surface area contributed by atoms with E-state index in [4.69, 9.17) is 5.73 Å². The van der Waals surface area contributed by atoms with Gasteiger partial charge in [0.25, 0.3) is 0 Å². The number of carbonyl (C=O) groups excluding carboxylic acids is 2. The highest BCUT2D eigenvalue weighted by atomic mass is 16.2. The molecular formula is C12H23N3O2. The molecule has 5 heteroatoms. The van der Waals surface area contributed by atoms with E-state index >= 15 is 0 Å². The van der Waals surface area contributed by atoms with E-state index in [0.29, 0.717) is 6.54 Å². The van der Waals surface area contributed by atoms with Crippen molar-refractivity contribution in [1.29, 1.82) is 0 Å². The average Bonchev–Trinajstić information content (AvgIpc) is 2.74. The Bertz CT molecular complexity index is 296. The summed E-state index contributed by atoms with van der Waals surface area (Å²) in [5.41, 5.74) is 4.93. The van der Waals surface area contributed by atoms with Crippen molar-refractivity contribution in [2.75, 3.05) is 13.1 Å². The molecule has 0 spiro atoms. The van der Waals surface area contributed by atoms with Crippen LogP contribution >= 0.6 is 0 Å². The van der Waals surface area contributed by atoms with Gasteiger partial charge in [0.2, 0.25) is 11.8 Å². The second-order valence-electron chi connectivity index (χ2n) is 5.16. The molecule has 1 saturated heterocycles. The van der Waals surface area contributed by atoms with Gasteiger partial charge in [0.1, 0.15) is 6.04 Å². The van der Waals surface area contributed by atoms with Gasteiger partial charge in [-0.2, -0.15) is 0 Å². The first kappa shape index (κ1) is 14.0. The van der Waals surface area contributed by atoms with Gasteiger partial charge < -0.3 is 16.4 Å². The number of hydrogen-bond acceptors (Lipinski definition) is 3. The summed E-state index contributed by atoms with van der Waals surface area (Å²) >= 11 is 0. The maximum atomic E-state index is 12.3. The van der Waals surface area contributed by atoms with Crippen molar-refractivity contribution in [2.24, 2.45) is 17.1 Å². The molecule has 1 aliphatic rings. The maximum Gasteiger partial charge on any atom is 0.240 e. The van der Waals surface area contributed by atoms with Crippen LogP contribution in [-0.2, 0) is 9.59 Å². The first-order valence-corrected chi connectivity index (χ1v) is 6.24. The Morgan fingerprint density at radius 2 is 2.12 bits per heavy atom. The lowest BCUT2D eigenvalue weighted by molar-refractivity contribution is -0.134. The summed E-state index contributed by atoms with van der Waals surface area (Å²) in [4.78, 5) is 23.5. The molecule has 0 aromatic rings. The molecular weight excluding hydrogens is 218 g/mol. The summed E-state index contributed by atoms with van der Waals surface area (Å²) < 4.78 is 0. The minimum Gasteiger partial charge on any atom is -0.368 e. The number of nitrogens with one attached hydrogen (secondary N) is 2. The van der Waals surface area contributed by atoms with Gasteiger partial charge in [-0.05, 0) is 25.3 Å². The van der Waals surface area contributed by atoms with Crippen LogP contribution in [0.25, 0.3) is 0 Å². The highest BCUT2D eigenvalue weighted by Crippen LogP contribution is 2.29.